The summed E-state index contributed by atoms with van der Waals surface area (Å²) >= 11 is 0. The van der Waals surface area contributed by atoms with Gasteiger partial charge in [0.25, 0.3) is 0 Å². The van der Waals surface area contributed by atoms with Gasteiger partial charge in [-0.2, -0.15) is 0 Å². The highest BCUT2D eigenvalue weighted by Gasteiger charge is 2.20. The lowest BCUT2D eigenvalue weighted by Gasteiger charge is -2.07. The molecule has 1 aliphatic carbocycles. The maximum atomic E-state index is 13.4. The first-order chi connectivity index (χ1) is 8.16. The molecule has 0 saturated heterocycles. The molecule has 0 aromatic heterocycles. The van der Waals surface area contributed by atoms with Gasteiger partial charge in [-0.15, -0.1) is 0 Å². The van der Waals surface area contributed by atoms with Crippen molar-refractivity contribution >= 4 is 5.91 Å². The van der Waals surface area contributed by atoms with E-state index in [4.69, 9.17) is 5.73 Å². The minimum absolute atomic E-state index is 0.297. The summed E-state index contributed by atoms with van der Waals surface area (Å²) in [5.74, 6) is 0.0439. The van der Waals surface area contributed by atoms with Gasteiger partial charge in [0.2, 0.25) is 5.91 Å². The summed E-state index contributed by atoms with van der Waals surface area (Å²) in [6, 6.07) is 4.21. The van der Waals surface area contributed by atoms with E-state index in [1.165, 1.54) is 31.0 Å². The van der Waals surface area contributed by atoms with Crippen LogP contribution in [0.4, 0.5) is 4.39 Å². The van der Waals surface area contributed by atoms with Crippen LogP contribution in [0.1, 0.15) is 35.2 Å². The van der Waals surface area contributed by atoms with E-state index in [-0.39, 0.29) is 5.82 Å². The summed E-state index contributed by atoms with van der Waals surface area (Å²) in [6.45, 7) is 1.34. The molecule has 0 aliphatic heterocycles. The first kappa shape index (κ1) is 12.0. The normalized spacial score (nSPS) is 14.9. The fourth-order valence-corrected chi connectivity index (χ4v) is 1.80. The highest BCUT2D eigenvalue weighted by atomic mass is 19.1. The van der Waals surface area contributed by atoms with Crippen molar-refractivity contribution in [1.82, 2.24) is 5.32 Å². The second-order valence-electron chi connectivity index (χ2n) is 4.58. The summed E-state index contributed by atoms with van der Waals surface area (Å²) in [6.07, 6.45) is 3.80. The van der Waals surface area contributed by atoms with Crippen molar-refractivity contribution in [2.24, 2.45) is 11.7 Å². The molecule has 0 heterocycles. The van der Waals surface area contributed by atoms with Crippen LogP contribution in [-0.4, -0.2) is 12.5 Å². The van der Waals surface area contributed by atoms with E-state index in [2.05, 4.69) is 5.32 Å². The van der Waals surface area contributed by atoms with Crippen LogP contribution in [0.25, 0.3) is 0 Å². The first-order valence-electron chi connectivity index (χ1n) is 5.96. The molecule has 1 saturated carbocycles. The van der Waals surface area contributed by atoms with Crippen molar-refractivity contribution in [2.75, 3.05) is 6.54 Å². The Kier molecular flexibility index (Phi) is 3.74. The third kappa shape index (κ3) is 3.53. The van der Waals surface area contributed by atoms with Crippen LogP contribution in [0.5, 0.6) is 0 Å². The van der Waals surface area contributed by atoms with E-state index in [0.29, 0.717) is 17.7 Å². The summed E-state index contributed by atoms with van der Waals surface area (Å²) in [7, 11) is 0. The van der Waals surface area contributed by atoms with Gasteiger partial charge in [0.15, 0.2) is 0 Å². The topological polar surface area (TPSA) is 55.1 Å². The highest BCUT2D eigenvalue weighted by Crippen LogP contribution is 2.31. The Hall–Kier alpha value is -1.42. The predicted octanol–water partition coefficient (Wildman–Crippen LogP) is 1.81. The molecule has 1 aliphatic rings. The van der Waals surface area contributed by atoms with Crippen LogP contribution in [-0.2, 0) is 6.54 Å². The van der Waals surface area contributed by atoms with E-state index in [1.54, 1.807) is 0 Å². The largest absolute Gasteiger partial charge is 0.366 e. The molecule has 4 heteroatoms. The Bertz CT molecular complexity index is 416. The van der Waals surface area contributed by atoms with Crippen LogP contribution < -0.4 is 11.1 Å². The van der Waals surface area contributed by atoms with E-state index >= 15 is 0 Å². The second kappa shape index (κ2) is 5.27. The van der Waals surface area contributed by atoms with Crippen LogP contribution >= 0.6 is 0 Å². The van der Waals surface area contributed by atoms with E-state index in [0.717, 1.165) is 18.9 Å². The Balaban J connectivity index is 1.88. The minimum atomic E-state index is -0.524. The lowest BCUT2D eigenvalue weighted by molar-refractivity contribution is 0.1000. The number of carbonyl (C=O) groups excluding carboxylic acids is 1. The maximum Gasteiger partial charge on any atom is 0.248 e. The zero-order valence-electron chi connectivity index (χ0n) is 9.71. The minimum Gasteiger partial charge on any atom is -0.366 e. The molecule has 3 nitrogen and oxygen atoms in total. The molecule has 0 bridgehead atoms. The van der Waals surface area contributed by atoms with Crippen LogP contribution in [0.2, 0.25) is 0 Å². The average Bonchev–Trinajstić information content (AvgIpc) is 3.10. The summed E-state index contributed by atoms with van der Waals surface area (Å²) in [4.78, 5) is 11.0. The van der Waals surface area contributed by atoms with Crippen molar-refractivity contribution < 1.29 is 9.18 Å². The fraction of sp³-hybridized carbons (Fsp3) is 0.462. The summed E-state index contributed by atoms with van der Waals surface area (Å²) in [5.41, 5.74) is 6.00. The van der Waals surface area contributed by atoms with E-state index in [9.17, 15) is 9.18 Å². The molecule has 0 spiro atoms. The Morgan fingerprint density at radius 1 is 1.47 bits per heavy atom. The maximum absolute atomic E-state index is 13.4. The number of hydrogen-bond donors (Lipinski definition) is 2. The fourth-order valence-electron chi connectivity index (χ4n) is 1.80. The molecular weight excluding hydrogens is 219 g/mol. The third-order valence-electron chi connectivity index (χ3n) is 3.07. The molecule has 92 valence electrons. The lowest BCUT2D eigenvalue weighted by atomic mass is 10.1. The number of rotatable bonds is 6. The zero-order valence-corrected chi connectivity index (χ0v) is 9.71. The van der Waals surface area contributed by atoms with E-state index in [1.807, 2.05) is 0 Å². The van der Waals surface area contributed by atoms with Crippen LogP contribution in [0.3, 0.4) is 0 Å². The number of primary amides is 1. The Morgan fingerprint density at radius 3 is 2.88 bits per heavy atom. The Morgan fingerprint density at radius 2 is 2.24 bits per heavy atom. The standard InChI is InChI=1S/C13H17FN2O/c14-12-4-3-10(13(15)17)7-11(12)8-16-6-5-9-1-2-9/h3-4,7,9,16H,1-2,5-6,8H2,(H2,15,17). The molecule has 1 aromatic carbocycles. The van der Waals surface area contributed by atoms with Crippen molar-refractivity contribution in [3.8, 4) is 0 Å². The molecule has 0 atom stereocenters. The Labute approximate surface area is 100 Å². The van der Waals surface area contributed by atoms with Crippen molar-refractivity contribution in [3.05, 3.63) is 35.1 Å². The molecule has 1 amide bonds. The van der Waals surface area contributed by atoms with Crippen molar-refractivity contribution in [3.63, 3.8) is 0 Å². The molecular formula is C13H17FN2O. The number of amides is 1. The quantitative estimate of drug-likeness (QED) is 0.740. The number of nitrogens with one attached hydrogen (secondary N) is 1. The zero-order chi connectivity index (χ0) is 12.3. The molecule has 1 aromatic rings. The molecule has 3 N–H and O–H groups in total. The van der Waals surface area contributed by atoms with Gasteiger partial charge < -0.3 is 11.1 Å². The monoisotopic (exact) mass is 236 g/mol. The van der Waals surface area contributed by atoms with Gasteiger partial charge in [0, 0.05) is 17.7 Å². The van der Waals surface area contributed by atoms with Gasteiger partial charge in [0.05, 0.1) is 0 Å². The van der Waals surface area contributed by atoms with E-state index < -0.39 is 5.91 Å². The van der Waals surface area contributed by atoms with Gasteiger partial charge in [-0.25, -0.2) is 4.39 Å². The number of benzene rings is 1. The van der Waals surface area contributed by atoms with Crippen LogP contribution in [0.15, 0.2) is 18.2 Å². The van der Waals surface area contributed by atoms with Crippen molar-refractivity contribution in [2.45, 2.75) is 25.8 Å². The molecule has 1 fully saturated rings. The van der Waals surface area contributed by atoms with Gasteiger partial charge in [-0.3, -0.25) is 4.79 Å². The summed E-state index contributed by atoms with van der Waals surface area (Å²) < 4.78 is 13.4. The van der Waals surface area contributed by atoms with Crippen molar-refractivity contribution in [1.29, 1.82) is 0 Å². The molecule has 0 radical (unpaired) electrons. The second-order valence-corrected chi connectivity index (χ2v) is 4.58. The van der Waals surface area contributed by atoms with Crippen LogP contribution in [0, 0.1) is 11.7 Å². The third-order valence-corrected chi connectivity index (χ3v) is 3.07. The average molecular weight is 236 g/mol. The smallest absolute Gasteiger partial charge is 0.248 e. The number of hydrogen-bond acceptors (Lipinski definition) is 2. The first-order valence-corrected chi connectivity index (χ1v) is 5.96. The molecule has 17 heavy (non-hydrogen) atoms. The lowest BCUT2D eigenvalue weighted by Crippen LogP contribution is -2.17. The number of nitrogens with two attached hydrogens (primary N) is 1. The number of carbonyl (C=O) groups is 1. The van der Waals surface area contributed by atoms with Gasteiger partial charge in [0.1, 0.15) is 5.82 Å². The highest BCUT2D eigenvalue weighted by molar-refractivity contribution is 5.92. The summed E-state index contributed by atoms with van der Waals surface area (Å²) in [5, 5.41) is 3.19. The molecule has 0 unspecified atom stereocenters. The SMILES string of the molecule is NC(=O)c1ccc(F)c(CNCCC2CC2)c1. The van der Waals surface area contributed by atoms with Gasteiger partial charge in [-0.05, 0) is 37.1 Å². The van der Waals surface area contributed by atoms with Gasteiger partial charge in [-0.1, -0.05) is 12.8 Å². The van der Waals surface area contributed by atoms with Gasteiger partial charge >= 0.3 is 0 Å². The number of halogens is 1. The predicted molar refractivity (Wildman–Crippen MR) is 64.0 cm³/mol. The molecule has 2 rings (SSSR count).